The third kappa shape index (κ3) is 4.15. The molecule has 2 N–H and O–H groups in total. The molecule has 32 heavy (non-hydrogen) atoms. The van der Waals surface area contributed by atoms with Crippen molar-refractivity contribution in [2.75, 3.05) is 25.0 Å². The predicted molar refractivity (Wildman–Crippen MR) is 121 cm³/mol. The number of aromatic amines is 1. The zero-order valence-corrected chi connectivity index (χ0v) is 18.5. The van der Waals surface area contributed by atoms with E-state index in [2.05, 4.69) is 15.3 Å². The van der Waals surface area contributed by atoms with E-state index in [9.17, 15) is 13.2 Å². The van der Waals surface area contributed by atoms with Crippen molar-refractivity contribution in [2.24, 2.45) is 0 Å². The lowest BCUT2D eigenvalue weighted by Crippen LogP contribution is -2.38. The summed E-state index contributed by atoms with van der Waals surface area (Å²) < 4.78 is 33.1. The molecular formula is C23H26N4O4S. The van der Waals surface area contributed by atoms with Gasteiger partial charge >= 0.3 is 0 Å². The Kier molecular flexibility index (Phi) is 5.71. The first-order valence-electron chi connectivity index (χ1n) is 11.0. The number of nitrogens with one attached hydrogen (secondary N) is 2. The van der Waals surface area contributed by atoms with E-state index < -0.39 is 16.1 Å². The van der Waals surface area contributed by atoms with Gasteiger partial charge in [0.2, 0.25) is 10.0 Å². The summed E-state index contributed by atoms with van der Waals surface area (Å²) in [5, 5.41) is 2.79. The number of anilines is 1. The molecule has 5 rings (SSSR count). The van der Waals surface area contributed by atoms with Gasteiger partial charge in [0, 0.05) is 31.3 Å². The molecule has 0 radical (unpaired) electrons. The summed E-state index contributed by atoms with van der Waals surface area (Å²) in [6, 6.07) is 14.2. The number of carbonyl (C=O) groups is 1. The molecule has 2 fully saturated rings. The molecule has 1 amide bonds. The molecule has 3 aromatic rings. The van der Waals surface area contributed by atoms with Gasteiger partial charge < -0.3 is 15.0 Å². The van der Waals surface area contributed by atoms with Crippen molar-refractivity contribution in [3.8, 4) is 0 Å². The summed E-state index contributed by atoms with van der Waals surface area (Å²) in [5.74, 6) is 0.949. The van der Waals surface area contributed by atoms with Crippen molar-refractivity contribution in [3.05, 3.63) is 54.4 Å². The molecular weight excluding hydrogens is 428 g/mol. The van der Waals surface area contributed by atoms with Crippen molar-refractivity contribution in [3.63, 3.8) is 0 Å². The normalized spacial score (nSPS) is 20.6. The van der Waals surface area contributed by atoms with Gasteiger partial charge in [0.25, 0.3) is 5.91 Å². The summed E-state index contributed by atoms with van der Waals surface area (Å²) in [7, 11) is -3.59. The zero-order chi connectivity index (χ0) is 22.1. The van der Waals surface area contributed by atoms with E-state index in [1.165, 1.54) is 4.31 Å². The van der Waals surface area contributed by atoms with Gasteiger partial charge in [-0.05, 0) is 62.1 Å². The second-order valence-corrected chi connectivity index (χ2v) is 10.3. The van der Waals surface area contributed by atoms with Gasteiger partial charge in [0.05, 0.1) is 15.9 Å². The quantitative estimate of drug-likeness (QED) is 0.616. The van der Waals surface area contributed by atoms with Gasteiger partial charge in [0.15, 0.2) is 0 Å². The van der Waals surface area contributed by atoms with Crippen molar-refractivity contribution in [2.45, 2.75) is 42.6 Å². The van der Waals surface area contributed by atoms with E-state index in [-0.39, 0.29) is 16.7 Å². The summed E-state index contributed by atoms with van der Waals surface area (Å²) in [5.41, 5.74) is 2.50. The average Bonchev–Trinajstić information content (AvgIpc) is 3.50. The maximum atomic E-state index is 13.1. The fourth-order valence-electron chi connectivity index (χ4n) is 4.40. The highest BCUT2D eigenvalue weighted by molar-refractivity contribution is 7.89. The lowest BCUT2D eigenvalue weighted by Gasteiger charge is -2.30. The minimum Gasteiger partial charge on any atom is -0.368 e. The summed E-state index contributed by atoms with van der Waals surface area (Å²) in [4.78, 5) is 20.5. The molecule has 1 aromatic heterocycles. The Balaban J connectivity index is 1.22. The van der Waals surface area contributed by atoms with Crippen LogP contribution in [0.5, 0.6) is 0 Å². The van der Waals surface area contributed by atoms with Crippen molar-refractivity contribution < 1.29 is 17.9 Å². The van der Waals surface area contributed by atoms with Crippen LogP contribution in [-0.2, 0) is 19.6 Å². The maximum Gasteiger partial charge on any atom is 0.253 e. The fraction of sp³-hybridized carbons (Fsp3) is 0.391. The molecule has 0 aliphatic carbocycles. The van der Waals surface area contributed by atoms with Gasteiger partial charge in [-0.1, -0.05) is 12.1 Å². The minimum absolute atomic E-state index is 0.189. The molecule has 2 aliphatic heterocycles. The van der Waals surface area contributed by atoms with Gasteiger partial charge in [0.1, 0.15) is 11.9 Å². The topological polar surface area (TPSA) is 104 Å². The third-order valence-corrected chi connectivity index (χ3v) is 8.14. The second-order valence-electron chi connectivity index (χ2n) is 8.33. The molecule has 8 nitrogen and oxygen atoms in total. The van der Waals surface area contributed by atoms with E-state index in [0.717, 1.165) is 23.3 Å². The molecule has 2 saturated heterocycles. The Morgan fingerprint density at radius 3 is 2.50 bits per heavy atom. The number of H-pyrrole nitrogens is 1. The highest BCUT2D eigenvalue weighted by Crippen LogP contribution is 2.30. The Labute approximate surface area is 187 Å². The first-order valence-corrected chi connectivity index (χ1v) is 12.4. The Morgan fingerprint density at radius 1 is 1.06 bits per heavy atom. The lowest BCUT2D eigenvalue weighted by atomic mass is 9.97. The molecule has 168 valence electrons. The largest absolute Gasteiger partial charge is 0.368 e. The number of piperidine rings is 1. The summed E-state index contributed by atoms with van der Waals surface area (Å²) in [6.45, 7) is 1.49. The number of fused-ring (bicyclic) bond motifs is 1. The smallest absolute Gasteiger partial charge is 0.253 e. The number of para-hydroxylation sites is 2. The minimum atomic E-state index is -3.59. The van der Waals surface area contributed by atoms with Crippen LogP contribution in [0.15, 0.2) is 53.4 Å². The monoisotopic (exact) mass is 454 g/mol. The summed E-state index contributed by atoms with van der Waals surface area (Å²) >= 11 is 0. The lowest BCUT2D eigenvalue weighted by molar-refractivity contribution is -0.124. The van der Waals surface area contributed by atoms with Crippen LogP contribution in [-0.4, -0.2) is 54.4 Å². The van der Waals surface area contributed by atoms with Gasteiger partial charge in [-0.2, -0.15) is 4.31 Å². The van der Waals surface area contributed by atoms with Gasteiger partial charge in [-0.25, -0.2) is 13.4 Å². The first kappa shape index (κ1) is 21.1. The molecule has 2 aliphatic rings. The molecule has 2 aromatic carbocycles. The van der Waals surface area contributed by atoms with Crippen LogP contribution in [0, 0.1) is 0 Å². The van der Waals surface area contributed by atoms with E-state index in [1.54, 1.807) is 24.3 Å². The number of imidazole rings is 1. The SMILES string of the molecule is O=C(Nc1ccc(S(=O)(=O)N2CCC(c3nc4ccccc4[nH]3)CC2)cc1)[C@H]1CCCO1. The van der Waals surface area contributed by atoms with E-state index in [4.69, 9.17) is 4.74 Å². The molecule has 0 saturated carbocycles. The maximum absolute atomic E-state index is 13.1. The van der Waals surface area contributed by atoms with Crippen LogP contribution in [0.4, 0.5) is 5.69 Å². The van der Waals surface area contributed by atoms with Crippen LogP contribution in [0.25, 0.3) is 11.0 Å². The molecule has 1 atom stereocenters. The predicted octanol–water partition coefficient (Wildman–Crippen LogP) is 3.25. The van der Waals surface area contributed by atoms with E-state index >= 15 is 0 Å². The number of hydrogen-bond donors (Lipinski definition) is 2. The van der Waals surface area contributed by atoms with Gasteiger partial charge in [-0.15, -0.1) is 0 Å². The van der Waals surface area contributed by atoms with Gasteiger partial charge in [-0.3, -0.25) is 4.79 Å². The number of aromatic nitrogens is 2. The number of nitrogens with zero attached hydrogens (tertiary/aromatic N) is 2. The standard InChI is InChI=1S/C23H26N4O4S/c28-23(21-6-3-15-31-21)24-17-7-9-18(10-8-17)32(29,30)27-13-11-16(12-14-27)22-25-19-4-1-2-5-20(19)26-22/h1-2,4-5,7-10,16,21H,3,6,11-15H2,(H,24,28)(H,25,26)/t21-/m1/s1. The number of carbonyl (C=O) groups excluding carboxylic acids is 1. The molecule has 0 bridgehead atoms. The van der Waals surface area contributed by atoms with Crippen LogP contribution < -0.4 is 5.32 Å². The highest BCUT2D eigenvalue weighted by atomic mass is 32.2. The van der Waals surface area contributed by atoms with E-state index in [1.807, 2.05) is 24.3 Å². The van der Waals surface area contributed by atoms with Crippen LogP contribution >= 0.6 is 0 Å². The highest BCUT2D eigenvalue weighted by Gasteiger charge is 2.31. The Morgan fingerprint density at radius 2 is 1.81 bits per heavy atom. The van der Waals surface area contributed by atoms with Crippen LogP contribution in [0.3, 0.4) is 0 Å². The number of benzene rings is 2. The third-order valence-electron chi connectivity index (χ3n) is 6.23. The number of hydrogen-bond acceptors (Lipinski definition) is 5. The van der Waals surface area contributed by atoms with E-state index in [0.29, 0.717) is 44.6 Å². The van der Waals surface area contributed by atoms with Crippen LogP contribution in [0.2, 0.25) is 0 Å². The number of ether oxygens (including phenoxy) is 1. The molecule has 0 unspecified atom stereocenters. The second kappa shape index (κ2) is 8.65. The molecule has 3 heterocycles. The number of amides is 1. The molecule has 0 spiro atoms. The van der Waals surface area contributed by atoms with Crippen molar-refractivity contribution >= 4 is 32.7 Å². The number of sulfonamides is 1. The van der Waals surface area contributed by atoms with Crippen molar-refractivity contribution in [1.29, 1.82) is 0 Å². The Hall–Kier alpha value is -2.75. The van der Waals surface area contributed by atoms with Crippen molar-refractivity contribution in [1.82, 2.24) is 14.3 Å². The number of rotatable bonds is 5. The summed E-state index contributed by atoms with van der Waals surface area (Å²) in [6.07, 6.45) is 2.60. The zero-order valence-electron chi connectivity index (χ0n) is 17.7. The fourth-order valence-corrected chi connectivity index (χ4v) is 5.87. The van der Waals surface area contributed by atoms with Crippen LogP contribution in [0.1, 0.15) is 37.4 Å². The average molecular weight is 455 g/mol. The molecule has 9 heteroatoms. The first-order chi connectivity index (χ1) is 15.5. The Bertz CT molecular complexity index is 1180.